The lowest BCUT2D eigenvalue weighted by Crippen LogP contribution is -2.19. The van der Waals surface area contributed by atoms with Crippen LogP contribution >= 0.6 is 0 Å². The van der Waals surface area contributed by atoms with Crippen LogP contribution in [0, 0.1) is 12.8 Å². The number of rotatable bonds is 1. The Kier molecular flexibility index (Phi) is 2.52. The summed E-state index contributed by atoms with van der Waals surface area (Å²) >= 11 is 0. The van der Waals surface area contributed by atoms with Gasteiger partial charge in [0.1, 0.15) is 6.10 Å². The molecule has 1 heterocycles. The van der Waals surface area contributed by atoms with E-state index < -0.39 is 6.10 Å². The van der Waals surface area contributed by atoms with Crippen molar-refractivity contribution >= 4 is 11.8 Å². The van der Waals surface area contributed by atoms with Gasteiger partial charge in [0.25, 0.3) is 0 Å². The van der Waals surface area contributed by atoms with Gasteiger partial charge in [-0.3, -0.25) is 4.79 Å². The van der Waals surface area contributed by atoms with Crippen molar-refractivity contribution in [2.75, 3.05) is 0 Å². The summed E-state index contributed by atoms with van der Waals surface area (Å²) in [5.41, 5.74) is 4.42. The molecule has 104 valence electrons. The third-order valence-corrected chi connectivity index (χ3v) is 4.52. The van der Waals surface area contributed by atoms with Gasteiger partial charge in [-0.05, 0) is 30.5 Å². The van der Waals surface area contributed by atoms with Crippen LogP contribution in [0.1, 0.15) is 43.5 Å². The molecule has 0 unspecified atom stereocenters. The average Bonchev–Trinajstić information content (AvgIpc) is 3.00. The Morgan fingerprint density at radius 2 is 1.76 bits per heavy atom. The Hall–Kier alpha value is -2.42. The highest BCUT2D eigenvalue weighted by Gasteiger charge is 2.44. The largest absolute Gasteiger partial charge is 0.453 e. The number of Topliss-reactive ketones (excluding diaryl/α,β-unsaturated/α-hetero) is 1. The van der Waals surface area contributed by atoms with Gasteiger partial charge in [0.15, 0.2) is 5.78 Å². The van der Waals surface area contributed by atoms with Crippen molar-refractivity contribution in [1.29, 1.82) is 0 Å². The number of ketones is 1. The van der Waals surface area contributed by atoms with Gasteiger partial charge < -0.3 is 4.74 Å². The molecule has 0 N–H and O–H groups in total. The molecule has 2 aromatic rings. The van der Waals surface area contributed by atoms with E-state index in [4.69, 9.17) is 4.74 Å². The minimum absolute atomic E-state index is 0.0863. The molecular weight excluding hydrogens is 264 g/mol. The van der Waals surface area contributed by atoms with Crippen LogP contribution in [0.5, 0.6) is 0 Å². The first-order valence-corrected chi connectivity index (χ1v) is 7.09. The van der Waals surface area contributed by atoms with Gasteiger partial charge in [-0.2, -0.15) is 0 Å². The highest BCUT2D eigenvalue weighted by molar-refractivity contribution is 6.04. The van der Waals surface area contributed by atoms with Crippen molar-refractivity contribution in [1.82, 2.24) is 0 Å². The number of hydrogen-bond acceptors (Lipinski definition) is 3. The molecule has 0 saturated carbocycles. The molecule has 0 amide bonds. The van der Waals surface area contributed by atoms with E-state index in [9.17, 15) is 9.59 Å². The van der Waals surface area contributed by atoms with Crippen molar-refractivity contribution in [2.24, 2.45) is 5.92 Å². The summed E-state index contributed by atoms with van der Waals surface area (Å²) in [5.74, 6) is -0.534. The van der Waals surface area contributed by atoms with E-state index in [0.29, 0.717) is 12.0 Å². The topological polar surface area (TPSA) is 43.4 Å². The minimum Gasteiger partial charge on any atom is -0.453 e. The molecule has 4 rings (SSSR count). The standard InChI is InChI=1S/C18H14O3/c1-10-5-4-8-11-14(10)9-15(16(11)19)17-12-6-2-3-7-13(12)18(20)21-17/h2-8,15,17H,9H2,1H3/t15-,17-/m1/s1. The molecule has 2 aromatic carbocycles. The van der Waals surface area contributed by atoms with Crippen LogP contribution in [0.2, 0.25) is 0 Å². The summed E-state index contributed by atoms with van der Waals surface area (Å²) in [6.45, 7) is 2.02. The van der Waals surface area contributed by atoms with Crippen molar-refractivity contribution < 1.29 is 14.3 Å². The molecule has 1 aliphatic heterocycles. The number of fused-ring (bicyclic) bond motifs is 2. The summed E-state index contributed by atoms with van der Waals surface area (Å²) in [4.78, 5) is 24.6. The molecule has 21 heavy (non-hydrogen) atoms. The number of cyclic esters (lactones) is 1. The van der Waals surface area contributed by atoms with Gasteiger partial charge in [-0.1, -0.05) is 36.4 Å². The van der Waals surface area contributed by atoms with E-state index in [0.717, 1.165) is 22.3 Å². The Morgan fingerprint density at radius 3 is 2.57 bits per heavy atom. The van der Waals surface area contributed by atoms with Crippen LogP contribution in [0.4, 0.5) is 0 Å². The Morgan fingerprint density at radius 1 is 1.00 bits per heavy atom. The molecule has 1 aliphatic carbocycles. The van der Waals surface area contributed by atoms with Gasteiger partial charge in [-0.25, -0.2) is 4.79 Å². The number of aryl methyl sites for hydroxylation is 1. The van der Waals surface area contributed by atoms with E-state index in [1.54, 1.807) is 6.07 Å². The maximum Gasteiger partial charge on any atom is 0.339 e. The van der Waals surface area contributed by atoms with Gasteiger partial charge in [-0.15, -0.1) is 0 Å². The number of carbonyl (C=O) groups is 2. The van der Waals surface area contributed by atoms with E-state index in [1.165, 1.54) is 0 Å². The minimum atomic E-state index is -0.451. The van der Waals surface area contributed by atoms with Crippen molar-refractivity contribution in [2.45, 2.75) is 19.4 Å². The molecule has 0 radical (unpaired) electrons. The Labute approximate surface area is 122 Å². The van der Waals surface area contributed by atoms with Crippen molar-refractivity contribution in [3.8, 4) is 0 Å². The lowest BCUT2D eigenvalue weighted by molar-refractivity contribution is 0.0252. The SMILES string of the molecule is Cc1cccc2c1C[C@@H]([C@@H]1OC(=O)c3ccccc31)C2=O. The number of esters is 1. The van der Waals surface area contributed by atoms with Gasteiger partial charge in [0, 0.05) is 11.1 Å². The monoisotopic (exact) mass is 278 g/mol. The number of hydrogen-bond donors (Lipinski definition) is 0. The zero-order chi connectivity index (χ0) is 14.6. The van der Waals surface area contributed by atoms with Crippen LogP contribution in [-0.2, 0) is 11.2 Å². The smallest absolute Gasteiger partial charge is 0.339 e. The Bertz CT molecular complexity index is 776. The molecule has 0 bridgehead atoms. The zero-order valence-corrected chi connectivity index (χ0v) is 11.6. The highest BCUT2D eigenvalue weighted by atomic mass is 16.5. The van der Waals surface area contributed by atoms with Crippen LogP contribution in [0.15, 0.2) is 42.5 Å². The fraction of sp³-hybridized carbons (Fsp3) is 0.222. The second-order valence-corrected chi connectivity index (χ2v) is 5.69. The van der Waals surface area contributed by atoms with Crippen molar-refractivity contribution in [3.05, 3.63) is 70.3 Å². The van der Waals surface area contributed by atoms with E-state index in [2.05, 4.69) is 0 Å². The van der Waals surface area contributed by atoms with Crippen LogP contribution in [0.25, 0.3) is 0 Å². The van der Waals surface area contributed by atoms with Gasteiger partial charge in [0.05, 0.1) is 11.5 Å². The van der Waals surface area contributed by atoms with Crippen LogP contribution in [0.3, 0.4) is 0 Å². The second kappa shape index (κ2) is 4.29. The quantitative estimate of drug-likeness (QED) is 0.752. The highest BCUT2D eigenvalue weighted by Crippen LogP contribution is 2.43. The summed E-state index contributed by atoms with van der Waals surface area (Å²) in [6.07, 6.45) is 0.195. The van der Waals surface area contributed by atoms with Gasteiger partial charge >= 0.3 is 5.97 Å². The molecule has 2 aliphatic rings. The first kappa shape index (κ1) is 12.3. The first-order valence-electron chi connectivity index (χ1n) is 7.09. The Balaban J connectivity index is 1.76. The maximum atomic E-state index is 12.7. The second-order valence-electron chi connectivity index (χ2n) is 5.69. The predicted molar refractivity (Wildman–Crippen MR) is 77.3 cm³/mol. The predicted octanol–water partition coefficient (Wildman–Crippen LogP) is 3.26. The number of carbonyl (C=O) groups excluding carboxylic acids is 2. The fourth-order valence-corrected chi connectivity index (χ4v) is 3.43. The molecule has 0 saturated heterocycles. The molecule has 3 heteroatoms. The van der Waals surface area contributed by atoms with E-state index >= 15 is 0 Å². The van der Waals surface area contributed by atoms with E-state index in [1.807, 2.05) is 43.3 Å². The normalized spacial score (nSPS) is 22.9. The average molecular weight is 278 g/mol. The lowest BCUT2D eigenvalue weighted by Gasteiger charge is -2.16. The molecule has 0 fully saturated rings. The third-order valence-electron chi connectivity index (χ3n) is 4.52. The molecule has 3 nitrogen and oxygen atoms in total. The maximum absolute atomic E-state index is 12.7. The number of benzene rings is 2. The third kappa shape index (κ3) is 1.67. The summed E-state index contributed by atoms with van der Waals surface area (Å²) < 4.78 is 5.50. The first-order chi connectivity index (χ1) is 10.2. The van der Waals surface area contributed by atoms with Crippen LogP contribution < -0.4 is 0 Å². The molecule has 2 atom stereocenters. The van der Waals surface area contributed by atoms with E-state index in [-0.39, 0.29) is 17.7 Å². The number of ether oxygens (including phenoxy) is 1. The molecule has 0 aromatic heterocycles. The summed E-state index contributed by atoms with van der Waals surface area (Å²) in [7, 11) is 0. The molecular formula is C18H14O3. The van der Waals surface area contributed by atoms with Crippen LogP contribution in [-0.4, -0.2) is 11.8 Å². The fourth-order valence-electron chi connectivity index (χ4n) is 3.43. The van der Waals surface area contributed by atoms with Crippen molar-refractivity contribution in [3.63, 3.8) is 0 Å². The summed E-state index contributed by atoms with van der Waals surface area (Å²) in [5, 5.41) is 0. The summed E-state index contributed by atoms with van der Waals surface area (Å²) in [6, 6.07) is 13.1. The molecule has 0 spiro atoms. The van der Waals surface area contributed by atoms with Gasteiger partial charge in [0.2, 0.25) is 0 Å². The lowest BCUT2D eigenvalue weighted by atomic mass is 9.91. The zero-order valence-electron chi connectivity index (χ0n) is 11.6.